The van der Waals surface area contributed by atoms with Crippen LogP contribution in [0.5, 0.6) is 0 Å². The predicted molar refractivity (Wildman–Crippen MR) is 85.2 cm³/mol. The lowest BCUT2D eigenvalue weighted by Gasteiger charge is -2.31. The zero-order valence-corrected chi connectivity index (χ0v) is 13.2. The molecule has 2 nitrogen and oxygen atoms in total. The summed E-state index contributed by atoms with van der Waals surface area (Å²) in [5.74, 6) is 0.663. The molecule has 0 aliphatic carbocycles. The molecule has 0 spiro atoms. The van der Waals surface area contributed by atoms with E-state index in [1.165, 1.54) is 36.0 Å². The molecule has 1 saturated heterocycles. The predicted octanol–water partition coefficient (Wildman–Crippen LogP) is 3.64. The van der Waals surface area contributed by atoms with Crippen LogP contribution in [0.2, 0.25) is 0 Å². The summed E-state index contributed by atoms with van der Waals surface area (Å²) in [6.07, 6.45) is 4.82. The maximum Gasteiger partial charge on any atom is 0.0509 e. The number of hydrogen-bond acceptors (Lipinski definition) is 2. The summed E-state index contributed by atoms with van der Waals surface area (Å²) in [5, 5.41) is 3.75. The number of hydrogen-bond donors (Lipinski definition) is 1. The minimum atomic E-state index is 0.552. The minimum Gasteiger partial charge on any atom is -0.381 e. The first-order valence-electron chi connectivity index (χ1n) is 8.07. The van der Waals surface area contributed by atoms with Crippen LogP contribution in [0, 0.1) is 19.8 Å². The zero-order valence-electron chi connectivity index (χ0n) is 13.2. The zero-order chi connectivity index (χ0) is 14.4. The van der Waals surface area contributed by atoms with Crippen LogP contribution in [-0.4, -0.2) is 25.8 Å². The van der Waals surface area contributed by atoms with Gasteiger partial charge in [0.15, 0.2) is 0 Å². The smallest absolute Gasteiger partial charge is 0.0509 e. The van der Waals surface area contributed by atoms with Crippen molar-refractivity contribution in [2.24, 2.45) is 5.92 Å². The van der Waals surface area contributed by atoms with Crippen LogP contribution < -0.4 is 5.32 Å². The molecule has 0 bridgehead atoms. The Morgan fingerprint density at radius 1 is 1.25 bits per heavy atom. The Hall–Kier alpha value is -0.860. The largest absolute Gasteiger partial charge is 0.381 e. The first-order chi connectivity index (χ1) is 9.69. The summed E-state index contributed by atoms with van der Waals surface area (Å²) in [5.41, 5.74) is 4.20. The highest BCUT2D eigenvalue weighted by atomic mass is 16.5. The lowest BCUT2D eigenvalue weighted by molar-refractivity contribution is 0.0393. The van der Waals surface area contributed by atoms with Gasteiger partial charge in [-0.05, 0) is 57.6 Å². The van der Waals surface area contributed by atoms with E-state index in [-0.39, 0.29) is 0 Å². The van der Waals surface area contributed by atoms with E-state index in [1.54, 1.807) is 0 Å². The minimum absolute atomic E-state index is 0.552. The fourth-order valence-electron chi connectivity index (χ4n) is 3.26. The molecule has 112 valence electrons. The highest BCUT2D eigenvalue weighted by Crippen LogP contribution is 2.21. The van der Waals surface area contributed by atoms with Crippen LogP contribution >= 0.6 is 0 Å². The Bertz CT molecular complexity index is 390. The van der Waals surface area contributed by atoms with Crippen LogP contribution in [0.3, 0.4) is 0 Å². The molecule has 2 heteroatoms. The standard InChI is InChI=1S/C18H29NO/c1-4-7-19-18(17-6-5-8-20-13-17)12-16-10-14(2)9-15(3)11-16/h9-11,17-19H,4-8,12-13H2,1-3H3. The van der Waals surface area contributed by atoms with E-state index in [9.17, 15) is 0 Å². The van der Waals surface area contributed by atoms with Gasteiger partial charge in [-0.2, -0.15) is 0 Å². The molecule has 0 amide bonds. The normalized spacial score (nSPS) is 20.9. The summed E-state index contributed by atoms with van der Waals surface area (Å²) in [6, 6.07) is 7.47. The highest BCUT2D eigenvalue weighted by molar-refractivity contribution is 5.29. The molecular weight excluding hydrogens is 246 g/mol. The summed E-state index contributed by atoms with van der Waals surface area (Å²) >= 11 is 0. The molecule has 0 radical (unpaired) electrons. The Morgan fingerprint density at radius 2 is 2.00 bits per heavy atom. The van der Waals surface area contributed by atoms with Crippen molar-refractivity contribution >= 4 is 0 Å². The SMILES string of the molecule is CCCNC(Cc1cc(C)cc(C)c1)C1CCCOC1. The molecule has 0 aromatic heterocycles. The van der Waals surface area contributed by atoms with E-state index in [4.69, 9.17) is 4.74 Å². The average molecular weight is 275 g/mol. The quantitative estimate of drug-likeness (QED) is 0.856. The van der Waals surface area contributed by atoms with E-state index in [0.29, 0.717) is 12.0 Å². The number of benzene rings is 1. The Labute approximate surface area is 123 Å². The molecule has 1 heterocycles. The third-order valence-electron chi connectivity index (χ3n) is 4.16. The summed E-state index contributed by atoms with van der Waals surface area (Å²) in [7, 11) is 0. The molecule has 0 saturated carbocycles. The van der Waals surface area contributed by atoms with Gasteiger partial charge in [-0.3, -0.25) is 0 Å². The fraction of sp³-hybridized carbons (Fsp3) is 0.667. The van der Waals surface area contributed by atoms with Gasteiger partial charge in [0.1, 0.15) is 0 Å². The number of rotatable bonds is 6. The van der Waals surface area contributed by atoms with Gasteiger partial charge in [0, 0.05) is 12.6 Å². The third kappa shape index (κ3) is 4.60. The lowest BCUT2D eigenvalue weighted by Crippen LogP contribution is -2.42. The Balaban J connectivity index is 2.05. The number of aryl methyl sites for hydroxylation is 2. The second-order valence-corrected chi connectivity index (χ2v) is 6.24. The molecule has 1 aliphatic heterocycles. The van der Waals surface area contributed by atoms with Crippen molar-refractivity contribution in [3.8, 4) is 0 Å². The van der Waals surface area contributed by atoms with E-state index in [2.05, 4.69) is 44.3 Å². The van der Waals surface area contributed by atoms with E-state index >= 15 is 0 Å². The highest BCUT2D eigenvalue weighted by Gasteiger charge is 2.24. The van der Waals surface area contributed by atoms with E-state index < -0.39 is 0 Å². The van der Waals surface area contributed by atoms with Gasteiger partial charge in [0.2, 0.25) is 0 Å². The van der Waals surface area contributed by atoms with E-state index in [1.807, 2.05) is 0 Å². The molecule has 1 fully saturated rings. The summed E-state index contributed by atoms with van der Waals surface area (Å²) in [6.45, 7) is 9.58. The molecule has 1 aromatic carbocycles. The second kappa shape index (κ2) is 7.80. The molecule has 2 atom stereocenters. The van der Waals surface area contributed by atoms with Gasteiger partial charge in [-0.25, -0.2) is 0 Å². The van der Waals surface area contributed by atoms with Crippen molar-refractivity contribution in [3.63, 3.8) is 0 Å². The van der Waals surface area contributed by atoms with Gasteiger partial charge >= 0.3 is 0 Å². The van der Waals surface area contributed by atoms with Gasteiger partial charge in [0.05, 0.1) is 6.61 Å². The fourth-order valence-corrected chi connectivity index (χ4v) is 3.26. The van der Waals surface area contributed by atoms with Crippen molar-refractivity contribution in [3.05, 3.63) is 34.9 Å². The van der Waals surface area contributed by atoms with Crippen LogP contribution in [0.4, 0.5) is 0 Å². The molecule has 2 unspecified atom stereocenters. The van der Waals surface area contributed by atoms with Crippen molar-refractivity contribution < 1.29 is 4.74 Å². The molecule has 2 rings (SSSR count). The van der Waals surface area contributed by atoms with Crippen molar-refractivity contribution in [1.29, 1.82) is 0 Å². The first-order valence-corrected chi connectivity index (χ1v) is 8.07. The van der Waals surface area contributed by atoms with Crippen LogP contribution in [0.25, 0.3) is 0 Å². The van der Waals surface area contributed by atoms with Gasteiger partial charge < -0.3 is 10.1 Å². The topological polar surface area (TPSA) is 21.3 Å². The molecule has 1 aromatic rings. The summed E-state index contributed by atoms with van der Waals surface area (Å²) < 4.78 is 5.69. The lowest BCUT2D eigenvalue weighted by atomic mass is 9.88. The van der Waals surface area contributed by atoms with Gasteiger partial charge in [-0.1, -0.05) is 36.2 Å². The second-order valence-electron chi connectivity index (χ2n) is 6.24. The van der Waals surface area contributed by atoms with Gasteiger partial charge in [-0.15, -0.1) is 0 Å². The monoisotopic (exact) mass is 275 g/mol. The van der Waals surface area contributed by atoms with E-state index in [0.717, 1.165) is 26.2 Å². The maximum atomic E-state index is 5.69. The van der Waals surface area contributed by atoms with Crippen molar-refractivity contribution in [2.75, 3.05) is 19.8 Å². The van der Waals surface area contributed by atoms with Crippen molar-refractivity contribution in [1.82, 2.24) is 5.32 Å². The molecule has 1 N–H and O–H groups in total. The van der Waals surface area contributed by atoms with Gasteiger partial charge in [0.25, 0.3) is 0 Å². The summed E-state index contributed by atoms with van der Waals surface area (Å²) in [4.78, 5) is 0. The first kappa shape index (κ1) is 15.5. The number of ether oxygens (including phenoxy) is 1. The van der Waals surface area contributed by atoms with Crippen LogP contribution in [0.1, 0.15) is 42.9 Å². The van der Waals surface area contributed by atoms with Crippen molar-refractivity contribution in [2.45, 2.75) is 52.5 Å². The number of nitrogens with one attached hydrogen (secondary N) is 1. The molecule has 20 heavy (non-hydrogen) atoms. The Morgan fingerprint density at radius 3 is 2.60 bits per heavy atom. The van der Waals surface area contributed by atoms with Crippen LogP contribution in [0.15, 0.2) is 18.2 Å². The maximum absolute atomic E-state index is 5.69. The Kier molecular flexibility index (Phi) is 6.06. The third-order valence-corrected chi connectivity index (χ3v) is 4.16. The van der Waals surface area contributed by atoms with Crippen LogP contribution in [-0.2, 0) is 11.2 Å². The average Bonchev–Trinajstić information content (AvgIpc) is 2.43. The molecule has 1 aliphatic rings. The molecular formula is C18H29NO.